The maximum atomic E-state index is 12.9. The molecule has 0 unspecified atom stereocenters. The van der Waals surface area contributed by atoms with Crippen LogP contribution in [0.1, 0.15) is 61.6 Å². The molecule has 5 nitrogen and oxygen atoms in total. The minimum atomic E-state index is -0.233. The van der Waals surface area contributed by atoms with Gasteiger partial charge < -0.3 is 4.74 Å². The predicted molar refractivity (Wildman–Crippen MR) is 110 cm³/mol. The molecule has 1 aromatic heterocycles. The third kappa shape index (κ3) is 3.33. The fourth-order valence-electron chi connectivity index (χ4n) is 3.68. The average Bonchev–Trinajstić information content (AvgIpc) is 2.99. The first-order chi connectivity index (χ1) is 13.7. The third-order valence-corrected chi connectivity index (χ3v) is 5.20. The molecule has 28 heavy (non-hydrogen) atoms. The van der Waals surface area contributed by atoms with Crippen LogP contribution in [0.15, 0.2) is 47.3 Å². The molecule has 2 aromatic carbocycles. The summed E-state index contributed by atoms with van der Waals surface area (Å²) in [6.45, 7) is 2.84. The van der Waals surface area contributed by atoms with Gasteiger partial charge in [0.1, 0.15) is 5.75 Å². The molecule has 1 aliphatic rings. The highest BCUT2D eigenvalue weighted by atomic mass is 16.5. The summed E-state index contributed by atoms with van der Waals surface area (Å²) in [5.74, 6) is 0.598. The van der Waals surface area contributed by atoms with Gasteiger partial charge in [0.2, 0.25) is 5.78 Å². The van der Waals surface area contributed by atoms with E-state index in [1.807, 2.05) is 12.1 Å². The van der Waals surface area contributed by atoms with Crippen LogP contribution in [0.3, 0.4) is 0 Å². The highest BCUT2D eigenvalue weighted by Gasteiger charge is 2.30. The van der Waals surface area contributed by atoms with Crippen LogP contribution in [0.4, 0.5) is 0 Å². The second-order valence-electron chi connectivity index (χ2n) is 7.22. The number of para-hydroxylation sites is 1. The van der Waals surface area contributed by atoms with Crippen molar-refractivity contribution < 1.29 is 9.53 Å². The Balaban J connectivity index is 1.53. The minimum absolute atomic E-state index is 0.173. The van der Waals surface area contributed by atoms with Crippen molar-refractivity contribution in [1.82, 2.24) is 9.55 Å². The Labute approximate surface area is 164 Å². The lowest BCUT2D eigenvalue weighted by Gasteiger charge is -2.08. The SMILES string of the molecule is CCCCCCCCOc1ccc2c(c1)C(=O)c1nc3ccccc3c(=O)n1-2. The first-order valence-electron chi connectivity index (χ1n) is 10.0. The van der Waals surface area contributed by atoms with E-state index in [9.17, 15) is 9.59 Å². The monoisotopic (exact) mass is 376 g/mol. The fourth-order valence-corrected chi connectivity index (χ4v) is 3.68. The van der Waals surface area contributed by atoms with Gasteiger partial charge >= 0.3 is 0 Å². The zero-order valence-electron chi connectivity index (χ0n) is 16.1. The molecule has 2 heterocycles. The number of benzene rings is 2. The molecule has 0 atom stereocenters. The number of unbranched alkanes of at least 4 members (excludes halogenated alkanes) is 5. The number of ether oxygens (including phenoxy) is 1. The van der Waals surface area contributed by atoms with E-state index in [2.05, 4.69) is 11.9 Å². The van der Waals surface area contributed by atoms with Crippen molar-refractivity contribution in [3.63, 3.8) is 0 Å². The van der Waals surface area contributed by atoms with Crippen LogP contribution < -0.4 is 10.3 Å². The normalized spacial score (nSPS) is 12.2. The smallest absolute Gasteiger partial charge is 0.266 e. The van der Waals surface area contributed by atoms with Crippen molar-refractivity contribution in [3.8, 4) is 11.4 Å². The van der Waals surface area contributed by atoms with Crippen LogP contribution in [-0.4, -0.2) is 21.9 Å². The Morgan fingerprint density at radius 2 is 1.75 bits per heavy atom. The molecule has 0 saturated heterocycles. The Morgan fingerprint density at radius 3 is 2.61 bits per heavy atom. The molecule has 0 N–H and O–H groups in total. The van der Waals surface area contributed by atoms with Crippen LogP contribution in [0.2, 0.25) is 0 Å². The minimum Gasteiger partial charge on any atom is -0.494 e. The molecular formula is C23H24N2O3. The van der Waals surface area contributed by atoms with E-state index in [1.54, 1.807) is 30.3 Å². The van der Waals surface area contributed by atoms with Crippen molar-refractivity contribution >= 4 is 16.7 Å². The summed E-state index contributed by atoms with van der Waals surface area (Å²) in [6.07, 6.45) is 7.20. The average molecular weight is 376 g/mol. The van der Waals surface area contributed by atoms with E-state index >= 15 is 0 Å². The van der Waals surface area contributed by atoms with Crippen molar-refractivity contribution in [1.29, 1.82) is 0 Å². The summed E-state index contributed by atoms with van der Waals surface area (Å²) in [5.41, 5.74) is 1.38. The third-order valence-electron chi connectivity index (χ3n) is 5.20. The van der Waals surface area contributed by atoms with Gasteiger partial charge in [-0.1, -0.05) is 51.2 Å². The zero-order chi connectivity index (χ0) is 19.5. The van der Waals surface area contributed by atoms with Crippen molar-refractivity contribution in [3.05, 3.63) is 64.2 Å². The Hall–Kier alpha value is -2.95. The topological polar surface area (TPSA) is 61.2 Å². The molecule has 1 aliphatic heterocycles. The molecule has 0 bridgehead atoms. The van der Waals surface area contributed by atoms with Gasteiger partial charge in [0.25, 0.3) is 5.56 Å². The molecule has 0 saturated carbocycles. The molecule has 3 aromatic rings. The molecule has 144 valence electrons. The summed E-state index contributed by atoms with van der Waals surface area (Å²) in [7, 11) is 0. The summed E-state index contributed by atoms with van der Waals surface area (Å²) >= 11 is 0. The maximum absolute atomic E-state index is 12.9. The summed E-state index contributed by atoms with van der Waals surface area (Å²) in [6, 6.07) is 12.4. The molecule has 5 heteroatoms. The first kappa shape index (κ1) is 18.4. The number of rotatable bonds is 8. The van der Waals surface area contributed by atoms with Gasteiger partial charge in [-0.2, -0.15) is 0 Å². The van der Waals surface area contributed by atoms with Gasteiger partial charge in [0.15, 0.2) is 5.82 Å². The van der Waals surface area contributed by atoms with Crippen LogP contribution in [-0.2, 0) is 0 Å². The van der Waals surface area contributed by atoms with E-state index in [-0.39, 0.29) is 17.2 Å². The van der Waals surface area contributed by atoms with E-state index in [0.717, 1.165) is 12.8 Å². The van der Waals surface area contributed by atoms with Crippen molar-refractivity contribution in [2.75, 3.05) is 6.61 Å². The lowest BCUT2D eigenvalue weighted by Crippen LogP contribution is -2.21. The number of carbonyl (C=O) groups is 1. The van der Waals surface area contributed by atoms with Crippen molar-refractivity contribution in [2.45, 2.75) is 45.4 Å². The highest BCUT2D eigenvalue weighted by molar-refractivity contribution is 6.13. The van der Waals surface area contributed by atoms with Crippen LogP contribution in [0, 0.1) is 0 Å². The Morgan fingerprint density at radius 1 is 0.964 bits per heavy atom. The lowest BCUT2D eigenvalue weighted by molar-refractivity contribution is 0.103. The number of hydrogen-bond donors (Lipinski definition) is 0. The predicted octanol–water partition coefficient (Wildman–Crippen LogP) is 4.67. The van der Waals surface area contributed by atoms with E-state index in [4.69, 9.17) is 4.74 Å². The summed E-state index contributed by atoms with van der Waals surface area (Å²) in [4.78, 5) is 30.1. The molecule has 0 spiro atoms. The summed E-state index contributed by atoms with van der Waals surface area (Å²) < 4.78 is 7.25. The maximum Gasteiger partial charge on any atom is 0.266 e. The summed E-state index contributed by atoms with van der Waals surface area (Å²) in [5, 5.41) is 0.510. The number of carbonyl (C=O) groups excluding carboxylic acids is 1. The lowest BCUT2D eigenvalue weighted by atomic mass is 10.1. The Kier molecular flexibility index (Phi) is 5.24. The largest absolute Gasteiger partial charge is 0.494 e. The second-order valence-corrected chi connectivity index (χ2v) is 7.22. The van der Waals surface area contributed by atoms with Gasteiger partial charge in [0.05, 0.1) is 28.8 Å². The molecule has 0 fully saturated rings. The van der Waals surface area contributed by atoms with E-state index in [0.29, 0.717) is 34.5 Å². The van der Waals surface area contributed by atoms with Gasteiger partial charge in [0, 0.05) is 0 Å². The van der Waals surface area contributed by atoms with Gasteiger partial charge in [-0.25, -0.2) is 4.98 Å². The molecular weight excluding hydrogens is 352 g/mol. The van der Waals surface area contributed by atoms with Gasteiger partial charge in [-0.3, -0.25) is 14.2 Å². The number of aromatic nitrogens is 2. The second kappa shape index (κ2) is 7.97. The van der Waals surface area contributed by atoms with Crippen LogP contribution >= 0.6 is 0 Å². The van der Waals surface area contributed by atoms with Gasteiger partial charge in [-0.15, -0.1) is 0 Å². The van der Waals surface area contributed by atoms with Crippen LogP contribution in [0.25, 0.3) is 16.6 Å². The number of hydrogen-bond acceptors (Lipinski definition) is 4. The number of nitrogens with zero attached hydrogens (tertiary/aromatic N) is 2. The van der Waals surface area contributed by atoms with Crippen molar-refractivity contribution in [2.24, 2.45) is 0 Å². The number of fused-ring (bicyclic) bond motifs is 4. The standard InChI is InChI=1S/C23H24N2O3/c1-2-3-4-5-6-9-14-28-16-12-13-20-18(15-16)21(26)22-24-19-11-8-7-10-17(19)23(27)25(20)22/h7-8,10-13,15H,2-6,9,14H2,1H3. The first-order valence-corrected chi connectivity index (χ1v) is 10.0. The van der Waals surface area contributed by atoms with E-state index in [1.165, 1.54) is 30.3 Å². The fraction of sp³-hybridized carbons (Fsp3) is 0.348. The molecule has 4 rings (SSSR count). The highest BCUT2D eigenvalue weighted by Crippen LogP contribution is 2.29. The molecule has 0 aliphatic carbocycles. The zero-order valence-corrected chi connectivity index (χ0v) is 16.1. The number of ketones is 1. The Bertz CT molecular complexity index is 1080. The van der Waals surface area contributed by atoms with E-state index < -0.39 is 0 Å². The van der Waals surface area contributed by atoms with Crippen LogP contribution in [0.5, 0.6) is 5.75 Å². The molecule has 0 radical (unpaired) electrons. The van der Waals surface area contributed by atoms with Gasteiger partial charge in [-0.05, 0) is 36.8 Å². The quantitative estimate of drug-likeness (QED) is 0.419. The molecule has 0 amide bonds.